The van der Waals surface area contributed by atoms with Crippen molar-refractivity contribution in [1.82, 2.24) is 10.3 Å². The Morgan fingerprint density at radius 1 is 1.21 bits per heavy atom. The molecule has 0 bridgehead atoms. The maximum atomic E-state index is 12.4. The smallest absolute Gasteiger partial charge is 0.293 e. The number of nitrogens with one attached hydrogen (secondary N) is 2. The van der Waals surface area contributed by atoms with Crippen molar-refractivity contribution in [3.63, 3.8) is 0 Å². The number of carbonyl (C=O) groups excluding carboxylic acids is 1. The van der Waals surface area contributed by atoms with Crippen LogP contribution in [0.2, 0.25) is 0 Å². The van der Waals surface area contributed by atoms with Gasteiger partial charge in [0.2, 0.25) is 0 Å². The normalized spacial score (nSPS) is 10.8. The molecular weight excluding hydrogens is 392 g/mol. The number of nitrogens with zero attached hydrogens (tertiary/aromatic N) is 2. The van der Waals surface area contributed by atoms with Gasteiger partial charge in [-0.2, -0.15) is 0 Å². The number of carbonyl (C=O) groups is 1. The zero-order valence-corrected chi connectivity index (χ0v) is 16.2. The van der Waals surface area contributed by atoms with Gasteiger partial charge in [-0.15, -0.1) is 11.3 Å². The van der Waals surface area contributed by atoms with Gasteiger partial charge in [0.25, 0.3) is 11.6 Å². The van der Waals surface area contributed by atoms with Crippen LogP contribution in [0.25, 0.3) is 21.0 Å². The zero-order chi connectivity index (χ0) is 20.4. The van der Waals surface area contributed by atoms with Gasteiger partial charge in [0, 0.05) is 18.7 Å². The number of fused-ring (bicyclic) bond motifs is 1. The van der Waals surface area contributed by atoms with Crippen LogP contribution in [-0.4, -0.2) is 22.9 Å². The molecule has 0 spiro atoms. The second-order valence-corrected chi connectivity index (χ2v) is 7.21. The minimum atomic E-state index is -0.528. The highest BCUT2D eigenvalue weighted by molar-refractivity contribution is 7.21. The van der Waals surface area contributed by atoms with Crippen molar-refractivity contribution in [2.45, 2.75) is 6.54 Å². The molecule has 0 unspecified atom stereocenters. The molecule has 2 aromatic carbocycles. The van der Waals surface area contributed by atoms with Gasteiger partial charge in [-0.05, 0) is 36.4 Å². The summed E-state index contributed by atoms with van der Waals surface area (Å²) < 4.78 is 6.87. The summed E-state index contributed by atoms with van der Waals surface area (Å²) in [5.74, 6) is 0.770. The maximum Gasteiger partial charge on any atom is 0.293 e. The molecule has 9 heteroatoms. The highest BCUT2D eigenvalue weighted by Crippen LogP contribution is 2.31. The van der Waals surface area contributed by atoms with Crippen LogP contribution in [0.3, 0.4) is 0 Å². The van der Waals surface area contributed by atoms with Gasteiger partial charge in [0.05, 0.1) is 21.7 Å². The number of hydrogen-bond donors (Lipinski definition) is 2. The Labute approximate surface area is 169 Å². The SMILES string of the molecule is CNc1ccc(C(=O)NCc2ccc(-c3nc4ccccc4s3)o2)cc1[N+](=O)[O-]. The van der Waals surface area contributed by atoms with Crippen molar-refractivity contribution in [2.24, 2.45) is 0 Å². The van der Waals surface area contributed by atoms with Gasteiger partial charge in [-0.3, -0.25) is 14.9 Å². The van der Waals surface area contributed by atoms with Crippen molar-refractivity contribution >= 4 is 38.8 Å². The number of rotatable bonds is 6. The van der Waals surface area contributed by atoms with Crippen molar-refractivity contribution in [1.29, 1.82) is 0 Å². The van der Waals surface area contributed by atoms with E-state index in [1.807, 2.05) is 30.3 Å². The second-order valence-electron chi connectivity index (χ2n) is 6.17. The number of nitro groups is 1. The number of para-hydroxylation sites is 1. The molecule has 4 rings (SSSR count). The molecule has 0 aliphatic rings. The minimum absolute atomic E-state index is 0.156. The lowest BCUT2D eigenvalue weighted by molar-refractivity contribution is -0.384. The summed E-state index contributed by atoms with van der Waals surface area (Å²) in [6, 6.07) is 15.7. The summed E-state index contributed by atoms with van der Waals surface area (Å²) in [6.07, 6.45) is 0. The van der Waals surface area contributed by atoms with Gasteiger partial charge in [-0.1, -0.05) is 12.1 Å². The number of thiazole rings is 1. The van der Waals surface area contributed by atoms with Crippen LogP contribution in [0.1, 0.15) is 16.1 Å². The van der Waals surface area contributed by atoms with Crippen LogP contribution in [-0.2, 0) is 6.54 Å². The van der Waals surface area contributed by atoms with E-state index in [4.69, 9.17) is 4.42 Å². The fourth-order valence-corrected chi connectivity index (χ4v) is 3.80. The molecule has 0 saturated heterocycles. The lowest BCUT2D eigenvalue weighted by Gasteiger charge is -2.06. The van der Waals surface area contributed by atoms with E-state index < -0.39 is 10.8 Å². The zero-order valence-electron chi connectivity index (χ0n) is 15.3. The number of furan rings is 1. The van der Waals surface area contributed by atoms with Crippen molar-refractivity contribution in [2.75, 3.05) is 12.4 Å². The predicted octanol–water partition coefficient (Wildman–Crippen LogP) is 4.44. The molecule has 2 heterocycles. The summed E-state index contributed by atoms with van der Waals surface area (Å²) in [5.41, 5.74) is 1.30. The first kappa shape index (κ1) is 18.6. The molecule has 0 fully saturated rings. The Hall–Kier alpha value is -3.72. The van der Waals surface area contributed by atoms with Crippen molar-refractivity contribution in [3.05, 3.63) is 76.0 Å². The van der Waals surface area contributed by atoms with E-state index in [0.717, 1.165) is 15.2 Å². The first-order valence-corrected chi connectivity index (χ1v) is 9.56. The molecular formula is C20H16N4O4S. The number of amides is 1. The first-order valence-electron chi connectivity index (χ1n) is 8.74. The molecule has 1 amide bonds. The van der Waals surface area contributed by atoms with Crippen LogP contribution < -0.4 is 10.6 Å². The number of anilines is 1. The molecule has 2 N–H and O–H groups in total. The molecule has 4 aromatic rings. The fourth-order valence-electron chi connectivity index (χ4n) is 2.87. The average molecular weight is 408 g/mol. The Balaban J connectivity index is 1.46. The van der Waals surface area contributed by atoms with Crippen LogP contribution in [0, 0.1) is 10.1 Å². The molecule has 0 radical (unpaired) electrons. The van der Waals surface area contributed by atoms with E-state index in [2.05, 4.69) is 15.6 Å². The summed E-state index contributed by atoms with van der Waals surface area (Å²) in [4.78, 5) is 27.6. The third-order valence-electron chi connectivity index (χ3n) is 4.32. The molecule has 146 valence electrons. The largest absolute Gasteiger partial charge is 0.457 e. The highest BCUT2D eigenvalue weighted by Gasteiger charge is 2.17. The highest BCUT2D eigenvalue weighted by atomic mass is 32.1. The van der Waals surface area contributed by atoms with E-state index in [1.54, 1.807) is 13.1 Å². The lowest BCUT2D eigenvalue weighted by Crippen LogP contribution is -2.22. The molecule has 0 aliphatic heterocycles. The first-order chi connectivity index (χ1) is 14.0. The predicted molar refractivity (Wildman–Crippen MR) is 111 cm³/mol. The molecule has 0 atom stereocenters. The summed E-state index contributed by atoms with van der Waals surface area (Å²) in [5, 5.41) is 17.4. The monoisotopic (exact) mass is 408 g/mol. The van der Waals surface area contributed by atoms with Crippen LogP contribution in [0.15, 0.2) is 59.0 Å². The molecule has 8 nitrogen and oxygen atoms in total. The maximum absolute atomic E-state index is 12.4. The number of benzene rings is 2. The van der Waals surface area contributed by atoms with Gasteiger partial charge < -0.3 is 15.1 Å². The van der Waals surface area contributed by atoms with Crippen molar-refractivity contribution in [3.8, 4) is 10.8 Å². The average Bonchev–Trinajstić information content (AvgIpc) is 3.38. The third-order valence-corrected chi connectivity index (χ3v) is 5.37. The van der Waals surface area contributed by atoms with Crippen LogP contribution in [0.5, 0.6) is 0 Å². The van der Waals surface area contributed by atoms with E-state index >= 15 is 0 Å². The summed E-state index contributed by atoms with van der Waals surface area (Å²) >= 11 is 1.53. The Morgan fingerprint density at radius 2 is 2.03 bits per heavy atom. The van der Waals surface area contributed by atoms with E-state index in [1.165, 1.54) is 29.5 Å². The standard InChI is InChI=1S/C20H16N4O4S/c1-21-14-8-6-12(10-16(14)24(26)27)19(25)22-11-13-7-9-17(28-13)20-23-15-4-2-3-5-18(15)29-20/h2-10,21H,11H2,1H3,(H,22,25). The van der Waals surface area contributed by atoms with Gasteiger partial charge >= 0.3 is 0 Å². The molecule has 29 heavy (non-hydrogen) atoms. The van der Waals surface area contributed by atoms with Gasteiger partial charge in [-0.25, -0.2) is 4.98 Å². The number of hydrogen-bond acceptors (Lipinski definition) is 7. The Kier molecular flexibility index (Phi) is 4.96. The summed E-state index contributed by atoms with van der Waals surface area (Å²) in [6.45, 7) is 0.158. The number of nitro benzene ring substituents is 1. The van der Waals surface area contributed by atoms with E-state index in [-0.39, 0.29) is 17.8 Å². The molecule has 2 aromatic heterocycles. The Morgan fingerprint density at radius 3 is 2.79 bits per heavy atom. The van der Waals surface area contributed by atoms with Gasteiger partial charge in [0.15, 0.2) is 10.8 Å². The summed E-state index contributed by atoms with van der Waals surface area (Å²) in [7, 11) is 1.59. The third kappa shape index (κ3) is 3.81. The molecule has 0 aliphatic carbocycles. The van der Waals surface area contributed by atoms with Crippen LogP contribution in [0.4, 0.5) is 11.4 Å². The van der Waals surface area contributed by atoms with Crippen LogP contribution >= 0.6 is 11.3 Å². The van der Waals surface area contributed by atoms with E-state index in [9.17, 15) is 14.9 Å². The topological polar surface area (TPSA) is 110 Å². The quantitative estimate of drug-likeness (QED) is 0.361. The fraction of sp³-hybridized carbons (Fsp3) is 0.100. The van der Waals surface area contributed by atoms with Crippen molar-refractivity contribution < 1.29 is 14.1 Å². The lowest BCUT2D eigenvalue weighted by atomic mass is 10.1. The minimum Gasteiger partial charge on any atom is -0.457 e. The van der Waals surface area contributed by atoms with Gasteiger partial charge in [0.1, 0.15) is 11.4 Å². The van der Waals surface area contributed by atoms with E-state index in [0.29, 0.717) is 17.2 Å². The molecule has 0 saturated carbocycles. The number of aromatic nitrogens is 1. The second kappa shape index (κ2) is 7.72. The Bertz CT molecular complexity index is 1180.